The highest BCUT2D eigenvalue weighted by molar-refractivity contribution is 8.07. The third-order valence-electron chi connectivity index (χ3n) is 2.00. The maximum absolute atomic E-state index is 13.3. The standard InChI is InChI=1S/C5F14N2O4S2/c6-1(7,8)20(2(9,10)11)26(22,23)5(18,19)27(24,25)21(3(12,13)14)4(15,16)17. The van der Waals surface area contributed by atoms with Gasteiger partial charge in [-0.05, 0) is 8.61 Å². The quantitative estimate of drug-likeness (QED) is 0.457. The first-order chi connectivity index (χ1) is 11.2. The molecule has 0 radical (unpaired) electrons. The van der Waals surface area contributed by atoms with E-state index in [1.807, 2.05) is 0 Å². The van der Waals surface area contributed by atoms with E-state index in [9.17, 15) is 78.3 Å². The molecule has 6 nitrogen and oxygen atoms in total. The van der Waals surface area contributed by atoms with Gasteiger partial charge in [0.2, 0.25) is 0 Å². The number of rotatable bonds is 4. The van der Waals surface area contributed by atoms with Crippen molar-refractivity contribution >= 4 is 20.0 Å². The average molecular weight is 482 g/mol. The summed E-state index contributed by atoms with van der Waals surface area (Å²) in [6.45, 7) is 0. The molecule has 0 fully saturated rings. The molecule has 27 heavy (non-hydrogen) atoms. The third kappa shape index (κ3) is 4.64. The second-order valence-corrected chi connectivity index (χ2v) is 7.79. The lowest BCUT2D eigenvalue weighted by Crippen LogP contribution is -2.63. The zero-order valence-corrected chi connectivity index (χ0v) is 12.8. The molecule has 0 aromatic rings. The first kappa shape index (κ1) is 25.8. The van der Waals surface area contributed by atoms with Gasteiger partial charge in [-0.3, -0.25) is 0 Å². The maximum Gasteiger partial charge on any atom is 0.481 e. The Bertz CT molecular complexity index is 663. The molecule has 0 bridgehead atoms. The van der Waals surface area contributed by atoms with Crippen molar-refractivity contribution in [3.05, 3.63) is 0 Å². The Hall–Kier alpha value is -1.16. The highest BCUT2D eigenvalue weighted by atomic mass is 32.3. The second kappa shape index (κ2) is 6.43. The predicted molar refractivity (Wildman–Crippen MR) is 50.7 cm³/mol. The van der Waals surface area contributed by atoms with E-state index < -0.39 is 58.4 Å². The van der Waals surface area contributed by atoms with Gasteiger partial charge in [-0.15, -0.1) is 0 Å². The Kier molecular flexibility index (Phi) is 6.16. The van der Waals surface area contributed by atoms with Gasteiger partial charge in [-0.25, -0.2) is 16.8 Å². The first-order valence-corrected chi connectivity index (χ1v) is 7.86. The van der Waals surface area contributed by atoms with E-state index >= 15 is 0 Å². The maximum atomic E-state index is 13.3. The van der Waals surface area contributed by atoms with E-state index in [0.717, 1.165) is 0 Å². The van der Waals surface area contributed by atoms with Gasteiger partial charge in [0.25, 0.3) is 0 Å². The van der Waals surface area contributed by atoms with Crippen molar-refractivity contribution in [1.29, 1.82) is 0 Å². The summed E-state index contributed by atoms with van der Waals surface area (Å²) < 4.78 is 200. The van der Waals surface area contributed by atoms with Gasteiger partial charge in [0.05, 0.1) is 0 Å². The molecule has 0 saturated carbocycles. The predicted octanol–water partition coefficient (Wildman–Crippen LogP) is 2.88. The highest BCUT2D eigenvalue weighted by Crippen LogP contribution is 2.48. The molecule has 22 heteroatoms. The van der Waals surface area contributed by atoms with Crippen molar-refractivity contribution in [3.8, 4) is 0 Å². The van der Waals surface area contributed by atoms with Gasteiger partial charge < -0.3 is 0 Å². The lowest BCUT2D eigenvalue weighted by atomic mass is 11.0. The Morgan fingerprint density at radius 1 is 0.407 bits per heavy atom. The zero-order chi connectivity index (χ0) is 22.7. The summed E-state index contributed by atoms with van der Waals surface area (Å²) in [5.74, 6) is 0. The summed E-state index contributed by atoms with van der Waals surface area (Å²) in [4.78, 5) is 0. The molecule has 0 aliphatic heterocycles. The van der Waals surface area contributed by atoms with Crippen LogP contribution in [0.1, 0.15) is 0 Å². The van der Waals surface area contributed by atoms with Gasteiger partial charge in [0.15, 0.2) is 0 Å². The van der Waals surface area contributed by atoms with Crippen LogP contribution in [0.25, 0.3) is 0 Å². The summed E-state index contributed by atoms with van der Waals surface area (Å²) in [5, 5.41) is 0. The molecule has 0 heterocycles. The number of halogens is 14. The summed E-state index contributed by atoms with van der Waals surface area (Å²) in [6.07, 6.45) is -29.8. The van der Waals surface area contributed by atoms with E-state index in [2.05, 4.69) is 0 Å². The van der Waals surface area contributed by atoms with Gasteiger partial charge in [-0.2, -0.15) is 61.5 Å². The van der Waals surface area contributed by atoms with E-state index in [1.54, 1.807) is 0 Å². The van der Waals surface area contributed by atoms with Crippen LogP contribution in [0.3, 0.4) is 0 Å². The van der Waals surface area contributed by atoms with Crippen LogP contribution in [0.5, 0.6) is 0 Å². The molecule has 0 atom stereocenters. The largest absolute Gasteiger partial charge is 0.481 e. The number of hydrogen-bond acceptors (Lipinski definition) is 4. The van der Waals surface area contributed by atoms with Crippen LogP contribution in [0.2, 0.25) is 0 Å². The molecule has 0 aliphatic carbocycles. The summed E-state index contributed by atoms with van der Waals surface area (Å²) in [7, 11) is -17.6. The Labute approximate surface area is 138 Å². The van der Waals surface area contributed by atoms with Gasteiger partial charge in [-0.1, -0.05) is 0 Å². The fourth-order valence-corrected chi connectivity index (χ4v) is 4.21. The molecule has 0 amide bonds. The molecule has 0 saturated heterocycles. The Morgan fingerprint density at radius 2 is 0.556 bits per heavy atom. The average Bonchev–Trinajstić information content (AvgIpc) is 2.16. The molecule has 0 aliphatic rings. The Morgan fingerprint density at radius 3 is 0.667 bits per heavy atom. The number of nitrogens with zero attached hydrogens (tertiary/aromatic N) is 2. The monoisotopic (exact) mass is 482 g/mol. The van der Waals surface area contributed by atoms with Crippen LogP contribution in [-0.4, -0.2) is 55.2 Å². The third-order valence-corrected chi connectivity index (χ3v) is 6.26. The van der Waals surface area contributed by atoms with Crippen molar-refractivity contribution in [1.82, 2.24) is 8.61 Å². The molecule has 0 aromatic carbocycles. The normalized spacial score (nSPS) is 16.3. The number of hydrogen-bond donors (Lipinski definition) is 0. The van der Waals surface area contributed by atoms with Crippen LogP contribution >= 0.6 is 0 Å². The molecular formula is C5F14N2O4S2. The molecular weight excluding hydrogens is 482 g/mol. The van der Waals surface area contributed by atoms with Crippen molar-refractivity contribution in [2.45, 2.75) is 29.8 Å². The number of sulfonamides is 2. The van der Waals surface area contributed by atoms with Gasteiger partial charge >= 0.3 is 49.8 Å². The molecule has 0 spiro atoms. The van der Waals surface area contributed by atoms with Gasteiger partial charge in [0, 0.05) is 0 Å². The Balaban J connectivity index is 6.95. The van der Waals surface area contributed by atoms with E-state index in [-0.39, 0.29) is 0 Å². The molecule has 164 valence electrons. The van der Waals surface area contributed by atoms with Crippen LogP contribution in [-0.2, 0) is 20.0 Å². The first-order valence-electron chi connectivity index (χ1n) is 4.98. The smallest absolute Gasteiger partial charge is 0.204 e. The topological polar surface area (TPSA) is 74.8 Å². The van der Waals surface area contributed by atoms with Crippen LogP contribution in [0.15, 0.2) is 0 Å². The molecule has 0 unspecified atom stereocenters. The molecule has 0 N–H and O–H groups in total. The van der Waals surface area contributed by atoms with E-state index in [0.29, 0.717) is 0 Å². The van der Waals surface area contributed by atoms with Crippen molar-refractivity contribution in [2.24, 2.45) is 0 Å². The summed E-state index contributed by atoms with van der Waals surface area (Å²) in [6, 6.07) is 0. The van der Waals surface area contributed by atoms with Crippen molar-refractivity contribution < 1.29 is 78.3 Å². The highest BCUT2D eigenvalue weighted by Gasteiger charge is 2.77. The molecule has 0 aromatic heterocycles. The van der Waals surface area contributed by atoms with Crippen molar-refractivity contribution in [3.63, 3.8) is 0 Å². The van der Waals surface area contributed by atoms with Crippen LogP contribution < -0.4 is 0 Å². The van der Waals surface area contributed by atoms with Crippen LogP contribution in [0.4, 0.5) is 61.5 Å². The fourth-order valence-electron chi connectivity index (χ4n) is 1.18. The van der Waals surface area contributed by atoms with Gasteiger partial charge in [0.1, 0.15) is 0 Å². The lowest BCUT2D eigenvalue weighted by Gasteiger charge is -2.32. The van der Waals surface area contributed by atoms with E-state index in [4.69, 9.17) is 0 Å². The minimum Gasteiger partial charge on any atom is -0.204 e. The minimum absolute atomic E-state index is 4.16. The summed E-state index contributed by atoms with van der Waals surface area (Å²) >= 11 is 0. The molecule has 0 rings (SSSR count). The summed E-state index contributed by atoms with van der Waals surface area (Å²) in [5.41, 5.74) is 0. The lowest BCUT2D eigenvalue weighted by molar-refractivity contribution is -0.336. The zero-order valence-electron chi connectivity index (χ0n) is 11.1. The second-order valence-electron chi connectivity index (χ2n) is 3.87. The van der Waals surface area contributed by atoms with Crippen molar-refractivity contribution in [2.75, 3.05) is 0 Å². The SMILES string of the molecule is O=S(=O)(N(C(F)(F)F)C(F)(F)F)C(F)(F)S(=O)(=O)N(C(F)(F)F)C(F)(F)F. The fraction of sp³-hybridized carbons (Fsp3) is 1.00. The number of alkyl halides is 14. The van der Waals surface area contributed by atoms with E-state index in [1.165, 1.54) is 0 Å². The minimum atomic E-state index is -8.82. The van der Waals surface area contributed by atoms with Crippen LogP contribution in [0, 0.1) is 0 Å².